The molecule has 0 aliphatic heterocycles. The highest BCUT2D eigenvalue weighted by molar-refractivity contribution is 9.10. The molecule has 0 fully saturated rings. The molecule has 0 aliphatic carbocycles. The third-order valence-electron chi connectivity index (χ3n) is 2.72. The first-order valence-electron chi connectivity index (χ1n) is 5.75. The molecule has 0 saturated heterocycles. The number of nitrogen functional groups attached to an aromatic ring is 1. The van der Waals surface area contributed by atoms with Crippen molar-refractivity contribution >= 4 is 44.8 Å². The minimum atomic E-state index is 0.226. The van der Waals surface area contributed by atoms with Crippen LogP contribution in [-0.2, 0) is 0 Å². The number of halogens is 3. The van der Waals surface area contributed by atoms with Crippen molar-refractivity contribution < 1.29 is 4.52 Å². The van der Waals surface area contributed by atoms with Crippen molar-refractivity contribution in [3.05, 3.63) is 45.0 Å². The van der Waals surface area contributed by atoms with E-state index >= 15 is 0 Å². The third kappa shape index (κ3) is 2.74. The Kier molecular flexibility index (Phi) is 3.84. The highest BCUT2D eigenvalue weighted by Gasteiger charge is 2.17. The van der Waals surface area contributed by atoms with E-state index in [1.807, 2.05) is 6.07 Å². The highest BCUT2D eigenvalue weighted by atomic mass is 79.9. The Morgan fingerprint density at radius 2 is 2.05 bits per heavy atom. The van der Waals surface area contributed by atoms with Gasteiger partial charge >= 0.3 is 0 Å². The number of nitrogens with zero attached hydrogens (tertiary/aromatic N) is 3. The molecule has 0 radical (unpaired) electrons. The monoisotopic (exact) mass is 384 g/mol. The summed E-state index contributed by atoms with van der Waals surface area (Å²) in [6, 6.07) is 6.80. The normalized spacial score (nSPS) is 10.8. The first-order valence-corrected chi connectivity index (χ1v) is 7.30. The lowest BCUT2D eigenvalue weighted by Crippen LogP contribution is -1.92. The van der Waals surface area contributed by atoms with Gasteiger partial charge in [0.25, 0.3) is 5.89 Å². The molecular formula is C13H7BrCl2N4O. The molecule has 3 aromatic rings. The summed E-state index contributed by atoms with van der Waals surface area (Å²) < 4.78 is 5.99. The summed E-state index contributed by atoms with van der Waals surface area (Å²) in [5, 5.41) is 4.67. The van der Waals surface area contributed by atoms with Crippen molar-refractivity contribution in [3.63, 3.8) is 0 Å². The smallest absolute Gasteiger partial charge is 0.260 e. The molecular weight excluding hydrogens is 379 g/mol. The van der Waals surface area contributed by atoms with Crippen molar-refractivity contribution in [2.75, 3.05) is 5.73 Å². The highest BCUT2D eigenvalue weighted by Crippen LogP contribution is 2.35. The fraction of sp³-hybridized carbons (Fsp3) is 0. The van der Waals surface area contributed by atoms with E-state index in [1.54, 1.807) is 24.4 Å². The van der Waals surface area contributed by atoms with Gasteiger partial charge in [0.1, 0.15) is 5.69 Å². The van der Waals surface area contributed by atoms with E-state index in [9.17, 15) is 0 Å². The van der Waals surface area contributed by atoms with Gasteiger partial charge in [0.15, 0.2) is 0 Å². The Morgan fingerprint density at radius 3 is 2.81 bits per heavy atom. The van der Waals surface area contributed by atoms with Gasteiger partial charge in [-0.2, -0.15) is 4.98 Å². The van der Waals surface area contributed by atoms with Crippen LogP contribution < -0.4 is 5.73 Å². The van der Waals surface area contributed by atoms with Crippen LogP contribution in [0.3, 0.4) is 0 Å². The predicted molar refractivity (Wildman–Crippen MR) is 85.1 cm³/mol. The Bertz CT molecular complexity index is 822. The third-order valence-corrected chi connectivity index (χ3v) is 3.89. The second kappa shape index (κ2) is 5.63. The maximum Gasteiger partial charge on any atom is 0.260 e. The fourth-order valence-corrected chi connectivity index (χ4v) is 2.67. The van der Waals surface area contributed by atoms with Crippen molar-refractivity contribution in [1.29, 1.82) is 0 Å². The molecule has 0 amide bonds. The number of hydrogen-bond acceptors (Lipinski definition) is 5. The summed E-state index contributed by atoms with van der Waals surface area (Å²) in [6.07, 6.45) is 1.64. The van der Waals surface area contributed by atoms with Crippen LogP contribution in [0.4, 0.5) is 5.69 Å². The van der Waals surface area contributed by atoms with Gasteiger partial charge in [-0.1, -0.05) is 28.4 Å². The number of rotatable bonds is 2. The summed E-state index contributed by atoms with van der Waals surface area (Å²) in [4.78, 5) is 8.48. The van der Waals surface area contributed by atoms with E-state index in [-0.39, 0.29) is 5.89 Å². The van der Waals surface area contributed by atoms with E-state index in [4.69, 9.17) is 33.5 Å². The van der Waals surface area contributed by atoms with Crippen molar-refractivity contribution in [2.45, 2.75) is 0 Å². The molecule has 0 bridgehead atoms. The fourth-order valence-electron chi connectivity index (χ4n) is 1.74. The van der Waals surface area contributed by atoms with Crippen LogP contribution >= 0.6 is 39.1 Å². The van der Waals surface area contributed by atoms with Gasteiger partial charge in [-0.25, -0.2) is 0 Å². The summed E-state index contributed by atoms with van der Waals surface area (Å²) in [5.74, 6) is 0.567. The van der Waals surface area contributed by atoms with E-state index in [0.717, 1.165) is 4.47 Å². The molecule has 2 N–H and O–H groups in total. The molecule has 3 rings (SSSR count). The zero-order chi connectivity index (χ0) is 15.0. The summed E-state index contributed by atoms with van der Waals surface area (Å²) in [7, 11) is 0. The van der Waals surface area contributed by atoms with E-state index in [0.29, 0.717) is 32.8 Å². The second-order valence-corrected chi connectivity index (χ2v) is 5.80. The van der Waals surface area contributed by atoms with Crippen LogP contribution in [0.2, 0.25) is 10.0 Å². The molecule has 8 heteroatoms. The molecule has 0 aliphatic rings. The van der Waals surface area contributed by atoms with Crippen LogP contribution in [0.15, 0.2) is 39.5 Å². The number of hydrogen-bond donors (Lipinski definition) is 1. The molecule has 0 atom stereocenters. The molecule has 2 heterocycles. The lowest BCUT2D eigenvalue weighted by atomic mass is 10.2. The summed E-state index contributed by atoms with van der Waals surface area (Å²) in [5.41, 5.74) is 7.30. The van der Waals surface area contributed by atoms with Crippen LogP contribution in [0, 0.1) is 0 Å². The Hall–Kier alpha value is -1.63. The molecule has 106 valence electrons. The lowest BCUT2D eigenvalue weighted by Gasteiger charge is -2.03. The first kappa shape index (κ1) is 14.3. The zero-order valence-corrected chi connectivity index (χ0v) is 13.4. The van der Waals surface area contributed by atoms with Crippen LogP contribution in [0.25, 0.3) is 23.0 Å². The van der Waals surface area contributed by atoms with E-state index in [2.05, 4.69) is 31.1 Å². The standard InChI is InChI=1S/C13H7BrCl2N4O/c14-8-2-1-3-18-11(8)12-19-13(21-20-12)7-4-6(15)5-9(16)10(7)17/h1-5H,17H2. The Morgan fingerprint density at radius 1 is 1.24 bits per heavy atom. The molecule has 2 aromatic heterocycles. The van der Waals surface area contributed by atoms with Crippen molar-refractivity contribution in [3.8, 4) is 23.0 Å². The number of aromatic nitrogens is 3. The Balaban J connectivity index is 2.09. The maximum absolute atomic E-state index is 6.00. The predicted octanol–water partition coefficient (Wildman–Crippen LogP) is 4.45. The van der Waals surface area contributed by atoms with Gasteiger partial charge < -0.3 is 10.3 Å². The van der Waals surface area contributed by atoms with Gasteiger partial charge in [-0.15, -0.1) is 0 Å². The molecule has 0 unspecified atom stereocenters. The van der Waals surface area contributed by atoms with Gasteiger partial charge in [0, 0.05) is 15.7 Å². The summed E-state index contributed by atoms with van der Waals surface area (Å²) >= 11 is 15.4. The van der Waals surface area contributed by atoms with Gasteiger partial charge in [0.05, 0.1) is 16.3 Å². The number of nitrogens with two attached hydrogens (primary N) is 1. The van der Waals surface area contributed by atoms with Gasteiger partial charge in [0.2, 0.25) is 5.82 Å². The second-order valence-electron chi connectivity index (χ2n) is 4.11. The zero-order valence-electron chi connectivity index (χ0n) is 10.3. The largest absolute Gasteiger partial charge is 0.397 e. The van der Waals surface area contributed by atoms with E-state index in [1.165, 1.54) is 0 Å². The quantitative estimate of drug-likeness (QED) is 0.659. The Labute approximate surface area is 138 Å². The molecule has 1 aromatic carbocycles. The van der Waals surface area contributed by atoms with Crippen molar-refractivity contribution in [1.82, 2.24) is 15.1 Å². The molecule has 5 nitrogen and oxygen atoms in total. The minimum absolute atomic E-state index is 0.226. The average Bonchev–Trinajstić information content (AvgIpc) is 2.92. The lowest BCUT2D eigenvalue weighted by molar-refractivity contribution is 0.432. The molecule has 0 spiro atoms. The maximum atomic E-state index is 6.00. The van der Waals surface area contributed by atoms with Crippen molar-refractivity contribution in [2.24, 2.45) is 0 Å². The SMILES string of the molecule is Nc1c(Cl)cc(Cl)cc1-c1nc(-c2ncccc2Br)no1. The van der Waals surface area contributed by atoms with E-state index < -0.39 is 0 Å². The molecule has 21 heavy (non-hydrogen) atoms. The van der Waals surface area contributed by atoms with Crippen LogP contribution in [0.1, 0.15) is 0 Å². The topological polar surface area (TPSA) is 77.8 Å². The molecule has 0 saturated carbocycles. The van der Waals surface area contributed by atoms with Gasteiger partial charge in [-0.05, 0) is 40.2 Å². The van der Waals surface area contributed by atoms with Gasteiger partial charge in [-0.3, -0.25) is 4.98 Å². The number of benzene rings is 1. The number of anilines is 1. The number of pyridine rings is 1. The van der Waals surface area contributed by atoms with Crippen LogP contribution in [-0.4, -0.2) is 15.1 Å². The average molecular weight is 386 g/mol. The summed E-state index contributed by atoms with van der Waals surface area (Å²) in [6.45, 7) is 0. The minimum Gasteiger partial charge on any atom is -0.397 e. The first-order chi connectivity index (χ1) is 10.1. The van der Waals surface area contributed by atoms with Crippen LogP contribution in [0.5, 0.6) is 0 Å².